The number of anilines is 1. The van der Waals surface area contributed by atoms with E-state index in [4.69, 9.17) is 16.9 Å². The molecule has 108 valence electrons. The fraction of sp³-hybridized carbons (Fsp3) is 0.133. The van der Waals surface area contributed by atoms with Gasteiger partial charge in [-0.2, -0.15) is 5.26 Å². The Hall–Kier alpha value is -2.58. The van der Waals surface area contributed by atoms with E-state index in [0.29, 0.717) is 18.8 Å². The third-order valence-corrected chi connectivity index (χ3v) is 2.77. The highest BCUT2D eigenvalue weighted by Crippen LogP contribution is 2.17. The molecule has 0 fully saturated rings. The molecule has 0 aliphatic rings. The van der Waals surface area contributed by atoms with Crippen LogP contribution < -0.4 is 5.32 Å². The lowest BCUT2D eigenvalue weighted by molar-refractivity contribution is -0.125. The molecule has 0 unspecified atom stereocenters. The van der Waals surface area contributed by atoms with Crippen LogP contribution in [0.3, 0.4) is 0 Å². The Kier molecular flexibility index (Phi) is 6.72. The van der Waals surface area contributed by atoms with Gasteiger partial charge in [-0.1, -0.05) is 23.8 Å². The predicted octanol–water partition coefficient (Wildman–Crippen LogP) is 2.75. The zero-order valence-corrected chi connectivity index (χ0v) is 12.2. The summed E-state index contributed by atoms with van der Waals surface area (Å²) >= 11 is 5.88. The molecule has 0 aromatic carbocycles. The Bertz CT molecular complexity index is 594. The second-order valence-electron chi connectivity index (χ2n) is 3.94. The second-order valence-corrected chi connectivity index (χ2v) is 4.30. The number of carbonyl (C=O) groups excluding carboxylic acids is 1. The predicted molar refractivity (Wildman–Crippen MR) is 83.5 cm³/mol. The number of carbonyl (C=O) groups is 1. The van der Waals surface area contributed by atoms with Crippen molar-refractivity contribution in [1.82, 2.24) is 9.88 Å². The van der Waals surface area contributed by atoms with Gasteiger partial charge < -0.3 is 10.2 Å². The Morgan fingerprint density at radius 2 is 2.14 bits per heavy atom. The van der Waals surface area contributed by atoms with Crippen LogP contribution in [0.1, 0.15) is 0 Å². The maximum Gasteiger partial charge on any atom is 0.266 e. The molecule has 0 bridgehead atoms. The number of hydrogen-bond acceptors (Lipinski definition) is 4. The molecular weight excluding hydrogens is 288 g/mol. The normalized spacial score (nSPS) is 10.4. The smallest absolute Gasteiger partial charge is 0.266 e. The summed E-state index contributed by atoms with van der Waals surface area (Å²) in [6.07, 6.45) is 6.03. The number of halogens is 1. The van der Waals surface area contributed by atoms with Gasteiger partial charge in [0.1, 0.15) is 11.6 Å². The van der Waals surface area contributed by atoms with E-state index in [-0.39, 0.29) is 10.7 Å². The Morgan fingerprint density at radius 1 is 1.48 bits per heavy atom. The van der Waals surface area contributed by atoms with Crippen LogP contribution in [-0.2, 0) is 4.79 Å². The maximum atomic E-state index is 12.2. The van der Waals surface area contributed by atoms with Gasteiger partial charge in [-0.3, -0.25) is 4.79 Å². The van der Waals surface area contributed by atoms with E-state index in [1.165, 1.54) is 11.1 Å². The average molecular weight is 303 g/mol. The highest BCUT2D eigenvalue weighted by atomic mass is 35.5. The van der Waals surface area contributed by atoms with Crippen LogP contribution in [0, 0.1) is 11.3 Å². The first-order chi connectivity index (χ1) is 10.1. The SMILES string of the molecule is C=CCN(CC=C)C(=O)/C(C#N)=C\Nc1cccnc1Cl. The van der Waals surface area contributed by atoms with Crippen LogP contribution in [0.15, 0.2) is 55.4 Å². The van der Waals surface area contributed by atoms with Gasteiger partial charge in [-0.05, 0) is 12.1 Å². The van der Waals surface area contributed by atoms with E-state index in [1.54, 1.807) is 30.5 Å². The monoisotopic (exact) mass is 302 g/mol. The first-order valence-corrected chi connectivity index (χ1v) is 6.50. The fourth-order valence-electron chi connectivity index (χ4n) is 1.51. The molecule has 0 aliphatic heterocycles. The summed E-state index contributed by atoms with van der Waals surface area (Å²) in [6.45, 7) is 7.83. The molecule has 0 saturated heterocycles. The maximum absolute atomic E-state index is 12.2. The summed E-state index contributed by atoms with van der Waals surface area (Å²) < 4.78 is 0. The quantitative estimate of drug-likeness (QED) is 0.364. The van der Waals surface area contributed by atoms with Crippen molar-refractivity contribution in [2.45, 2.75) is 0 Å². The number of nitrogens with one attached hydrogen (secondary N) is 1. The van der Waals surface area contributed by atoms with Gasteiger partial charge in [-0.15, -0.1) is 13.2 Å². The van der Waals surface area contributed by atoms with E-state index in [0.717, 1.165) is 0 Å². The van der Waals surface area contributed by atoms with Crippen molar-refractivity contribution < 1.29 is 4.79 Å². The topological polar surface area (TPSA) is 69.0 Å². The lowest BCUT2D eigenvalue weighted by atomic mass is 10.2. The Balaban J connectivity index is 2.91. The van der Waals surface area contributed by atoms with Crippen LogP contribution in [0.5, 0.6) is 0 Å². The lowest BCUT2D eigenvalue weighted by Gasteiger charge is -2.18. The molecule has 1 aromatic heterocycles. The number of amides is 1. The minimum atomic E-state index is -0.412. The van der Waals surface area contributed by atoms with E-state index < -0.39 is 5.91 Å². The number of nitriles is 1. The molecule has 1 amide bonds. The second kappa shape index (κ2) is 8.56. The van der Waals surface area contributed by atoms with E-state index >= 15 is 0 Å². The molecule has 5 nitrogen and oxygen atoms in total. The van der Waals surface area contributed by atoms with Crippen molar-refractivity contribution >= 4 is 23.2 Å². The molecule has 6 heteroatoms. The van der Waals surface area contributed by atoms with Gasteiger partial charge in [0, 0.05) is 25.5 Å². The molecule has 1 aromatic rings. The van der Waals surface area contributed by atoms with Gasteiger partial charge in [-0.25, -0.2) is 4.98 Å². The number of hydrogen-bond donors (Lipinski definition) is 1. The summed E-state index contributed by atoms with van der Waals surface area (Å²) in [5.74, 6) is -0.412. The molecule has 0 aliphatic carbocycles. The Labute approximate surface area is 128 Å². The highest BCUT2D eigenvalue weighted by Gasteiger charge is 2.16. The number of aromatic nitrogens is 1. The highest BCUT2D eigenvalue weighted by molar-refractivity contribution is 6.32. The van der Waals surface area contributed by atoms with Gasteiger partial charge in [0.25, 0.3) is 5.91 Å². The molecule has 0 saturated carbocycles. The lowest BCUT2D eigenvalue weighted by Crippen LogP contribution is -2.32. The number of pyridine rings is 1. The van der Waals surface area contributed by atoms with Gasteiger partial charge in [0.2, 0.25) is 0 Å². The first kappa shape index (κ1) is 16.5. The third-order valence-electron chi connectivity index (χ3n) is 2.47. The molecule has 1 heterocycles. The average Bonchev–Trinajstić information content (AvgIpc) is 2.49. The number of nitrogens with zero attached hydrogens (tertiary/aromatic N) is 3. The first-order valence-electron chi connectivity index (χ1n) is 6.12. The van der Waals surface area contributed by atoms with Crippen molar-refractivity contribution in [1.29, 1.82) is 5.26 Å². The number of rotatable bonds is 7. The van der Waals surface area contributed by atoms with Crippen molar-refractivity contribution in [2.75, 3.05) is 18.4 Å². The zero-order chi connectivity index (χ0) is 15.7. The van der Waals surface area contributed by atoms with Crippen molar-refractivity contribution in [3.63, 3.8) is 0 Å². The van der Waals surface area contributed by atoms with Crippen LogP contribution in [0.25, 0.3) is 0 Å². The summed E-state index contributed by atoms with van der Waals surface area (Å²) in [4.78, 5) is 17.5. The van der Waals surface area contributed by atoms with Crippen LogP contribution in [-0.4, -0.2) is 28.9 Å². The van der Waals surface area contributed by atoms with Gasteiger partial charge in [0.15, 0.2) is 5.15 Å². The Morgan fingerprint density at radius 3 is 2.67 bits per heavy atom. The molecule has 0 atom stereocenters. The molecule has 0 spiro atoms. The standard InChI is InChI=1S/C15H15ClN4O/c1-3-8-20(9-4-2)15(21)12(10-17)11-19-13-6-5-7-18-14(13)16/h3-7,11,19H,1-2,8-9H2/b12-11-. The van der Waals surface area contributed by atoms with Crippen LogP contribution in [0.4, 0.5) is 5.69 Å². The van der Waals surface area contributed by atoms with E-state index in [9.17, 15) is 4.79 Å². The van der Waals surface area contributed by atoms with E-state index in [2.05, 4.69) is 23.5 Å². The minimum Gasteiger partial charge on any atom is -0.358 e. The summed E-state index contributed by atoms with van der Waals surface area (Å²) in [5, 5.41) is 12.2. The van der Waals surface area contributed by atoms with Crippen LogP contribution >= 0.6 is 11.6 Å². The summed E-state index contributed by atoms with van der Waals surface area (Å²) in [5.41, 5.74) is 0.470. The van der Waals surface area contributed by atoms with Gasteiger partial charge in [0.05, 0.1) is 5.69 Å². The van der Waals surface area contributed by atoms with Crippen molar-refractivity contribution in [2.24, 2.45) is 0 Å². The zero-order valence-electron chi connectivity index (χ0n) is 11.4. The minimum absolute atomic E-state index is 0.0429. The van der Waals surface area contributed by atoms with E-state index in [1.807, 2.05) is 6.07 Å². The molecule has 1 rings (SSSR count). The summed E-state index contributed by atoms with van der Waals surface area (Å²) in [7, 11) is 0. The van der Waals surface area contributed by atoms with Gasteiger partial charge >= 0.3 is 0 Å². The third kappa shape index (κ3) is 4.79. The molecular formula is C15H15ClN4O. The molecule has 21 heavy (non-hydrogen) atoms. The van der Waals surface area contributed by atoms with Crippen molar-refractivity contribution in [3.05, 3.63) is 60.6 Å². The molecule has 0 radical (unpaired) electrons. The van der Waals surface area contributed by atoms with Crippen LogP contribution in [0.2, 0.25) is 5.15 Å². The van der Waals surface area contributed by atoms with Crippen molar-refractivity contribution in [3.8, 4) is 6.07 Å². The summed E-state index contributed by atoms with van der Waals surface area (Å²) in [6, 6.07) is 5.25. The molecule has 1 N–H and O–H groups in total. The largest absolute Gasteiger partial charge is 0.358 e. The fourth-order valence-corrected chi connectivity index (χ4v) is 1.68.